The number of amidine groups is 1. The van der Waals surface area contributed by atoms with Gasteiger partial charge in [0.1, 0.15) is 12.1 Å². The number of nitrogens with zero attached hydrogens (tertiary/aromatic N) is 6. The number of aromatic nitrogens is 2. The Hall–Kier alpha value is -3.60. The monoisotopic (exact) mass is 462 g/mol. The molecule has 1 fully saturated rings. The fourth-order valence-corrected chi connectivity index (χ4v) is 3.28. The van der Waals surface area contributed by atoms with E-state index in [1.807, 2.05) is 61.5 Å². The molecule has 8 nitrogen and oxygen atoms in total. The van der Waals surface area contributed by atoms with Crippen LogP contribution in [0.15, 0.2) is 72.0 Å². The molecule has 35 heavy (non-hydrogen) atoms. The minimum absolute atomic E-state index is 0. The number of aryl methyl sites for hydroxylation is 1. The Balaban J connectivity index is 0.000000240. The van der Waals surface area contributed by atoms with Crippen LogP contribution in [0.3, 0.4) is 0 Å². The average Bonchev–Trinajstić information content (AvgIpc) is 2.88. The maximum Gasteiger partial charge on any atom is 1.00 e. The second-order valence-corrected chi connectivity index (χ2v) is 7.57. The van der Waals surface area contributed by atoms with Gasteiger partial charge in [0.25, 0.3) is 0 Å². The summed E-state index contributed by atoms with van der Waals surface area (Å²) in [6, 6.07) is 18.9. The Morgan fingerprint density at radius 3 is 2.40 bits per heavy atom. The van der Waals surface area contributed by atoms with Crippen LogP contribution < -0.4 is 28.5 Å². The van der Waals surface area contributed by atoms with Crippen LogP contribution in [0.25, 0.3) is 5.41 Å². The molecule has 1 amide bonds. The third-order valence-electron chi connectivity index (χ3n) is 5.13. The summed E-state index contributed by atoms with van der Waals surface area (Å²) in [5.74, 6) is 1.24. The van der Waals surface area contributed by atoms with Crippen LogP contribution in [0.5, 0.6) is 5.88 Å². The predicted molar refractivity (Wildman–Crippen MR) is 134 cm³/mol. The zero-order chi connectivity index (χ0) is 24.3. The number of rotatable bonds is 4. The van der Waals surface area contributed by atoms with Gasteiger partial charge in [0.2, 0.25) is 5.88 Å². The molecule has 1 aromatic heterocycles. The molecule has 9 heteroatoms. The molecule has 0 N–H and O–H groups in total. The summed E-state index contributed by atoms with van der Waals surface area (Å²) in [6.45, 7) is 8.24. The number of amides is 1. The first-order valence-corrected chi connectivity index (χ1v) is 10.8. The standard InChI is InChI=1S/C15H12N2.C11H15N4O2.Li/c1-12-6-5-9-14(10-12)15(16)17-11-13-7-3-2-4-8-13;1-9(16)14-3-5-15(6-4-14)10-7-11(17-2)13-8-12-10;/h2-10H,1H3;7-8H,1,3-6H2,2H3;/q-2;-1;+1. The number of hydrogen-bond donors (Lipinski definition) is 0. The van der Waals surface area contributed by atoms with E-state index in [9.17, 15) is 10.2 Å². The number of anilines is 1. The third-order valence-corrected chi connectivity index (χ3v) is 5.13. The molecule has 0 saturated carbocycles. The Kier molecular flexibility index (Phi) is 11.0. The van der Waals surface area contributed by atoms with Crippen LogP contribution in [0.4, 0.5) is 5.82 Å². The zero-order valence-corrected chi connectivity index (χ0v) is 20.4. The molecule has 176 valence electrons. The molecule has 2 heterocycles. The van der Waals surface area contributed by atoms with E-state index in [1.54, 1.807) is 18.1 Å². The van der Waals surface area contributed by atoms with Gasteiger partial charge in [-0.3, -0.25) is 0 Å². The summed E-state index contributed by atoms with van der Waals surface area (Å²) in [5, 5.41) is 9.79. The average molecular weight is 462 g/mol. The van der Waals surface area contributed by atoms with Crippen molar-refractivity contribution in [2.75, 3.05) is 38.2 Å². The number of hydrogen-bond acceptors (Lipinski definition) is 5. The molecule has 0 radical (unpaired) electrons. The van der Waals surface area contributed by atoms with Crippen molar-refractivity contribution in [3.05, 3.63) is 96.0 Å². The first-order valence-electron chi connectivity index (χ1n) is 10.8. The quantitative estimate of drug-likeness (QED) is 0.240. The van der Waals surface area contributed by atoms with E-state index in [0.717, 1.165) is 30.0 Å². The van der Waals surface area contributed by atoms with Crippen molar-refractivity contribution in [3.63, 3.8) is 0 Å². The minimum atomic E-state index is -0.120. The topological polar surface area (TPSA) is 93.2 Å². The van der Waals surface area contributed by atoms with Gasteiger partial charge in [-0.15, -0.1) is 30.1 Å². The second-order valence-electron chi connectivity index (χ2n) is 7.57. The first-order chi connectivity index (χ1) is 16.5. The summed E-state index contributed by atoms with van der Waals surface area (Å²) in [7, 11) is 1.57. The number of methoxy groups -OCH3 is 1. The van der Waals surface area contributed by atoms with Gasteiger partial charge in [-0.1, -0.05) is 41.5 Å². The molecule has 0 spiro atoms. The molecule has 3 aromatic rings. The molecule has 1 saturated heterocycles. The molecule has 0 aliphatic carbocycles. The van der Waals surface area contributed by atoms with Crippen LogP contribution >= 0.6 is 0 Å². The Morgan fingerprint density at radius 1 is 1.06 bits per heavy atom. The van der Waals surface area contributed by atoms with Crippen LogP contribution in [0.2, 0.25) is 0 Å². The summed E-state index contributed by atoms with van der Waals surface area (Å²) < 4.78 is 5.05. The Bertz CT molecular complexity index is 1130. The molecular weight excluding hydrogens is 435 g/mol. The normalized spacial score (nSPS) is 12.9. The second kappa shape index (κ2) is 13.9. The van der Waals surface area contributed by atoms with Gasteiger partial charge < -0.3 is 36.7 Å². The smallest absolute Gasteiger partial charge is 0.536 e. The van der Waals surface area contributed by atoms with Crippen molar-refractivity contribution >= 4 is 23.8 Å². The fraction of sp³-hybridized carbons (Fsp3) is 0.231. The number of aliphatic imine (C=N–C) groups is 1. The maximum atomic E-state index is 11.1. The van der Waals surface area contributed by atoms with Gasteiger partial charge >= 0.3 is 18.9 Å². The van der Waals surface area contributed by atoms with Gasteiger partial charge in [0, 0.05) is 32.2 Å². The Morgan fingerprint density at radius 2 is 1.77 bits per heavy atom. The van der Waals surface area contributed by atoms with Crippen molar-refractivity contribution in [1.82, 2.24) is 14.9 Å². The number of piperazine rings is 1. The zero-order valence-electron chi connectivity index (χ0n) is 20.4. The van der Waals surface area contributed by atoms with Crippen molar-refractivity contribution < 1.29 is 28.4 Å². The first kappa shape index (κ1) is 27.6. The summed E-state index contributed by atoms with van der Waals surface area (Å²) in [4.78, 5) is 27.0. The SMILES string of the molecule is Cc1cccc(C(=[N-])N=[C-]c2ccccc2)c1.[CH2-]C(=O)N1CCN(c2cc(OC)ncn2)CC1.[Li+]. The van der Waals surface area contributed by atoms with Crippen LogP contribution in [0, 0.1) is 13.8 Å². The minimum Gasteiger partial charge on any atom is -0.536 e. The molecular formula is C26H27LiN6O2-2. The molecule has 1 aliphatic rings. The van der Waals surface area contributed by atoms with Gasteiger partial charge in [0.15, 0.2) is 0 Å². The number of carbonyl (C=O) groups excluding carboxylic acids is 1. The summed E-state index contributed by atoms with van der Waals surface area (Å²) in [5.41, 5.74) is 2.63. The number of carbonyl (C=O) groups is 1. The fourth-order valence-electron chi connectivity index (χ4n) is 3.28. The van der Waals surface area contributed by atoms with Gasteiger partial charge in [-0.25, -0.2) is 9.97 Å². The van der Waals surface area contributed by atoms with E-state index in [-0.39, 0.29) is 30.6 Å². The van der Waals surface area contributed by atoms with Crippen molar-refractivity contribution in [3.8, 4) is 5.88 Å². The van der Waals surface area contributed by atoms with E-state index >= 15 is 0 Å². The molecule has 0 bridgehead atoms. The van der Waals surface area contributed by atoms with Gasteiger partial charge in [0.05, 0.1) is 13.0 Å². The van der Waals surface area contributed by atoms with E-state index in [1.165, 1.54) is 6.33 Å². The van der Waals surface area contributed by atoms with E-state index in [2.05, 4.69) is 33.0 Å². The van der Waals surface area contributed by atoms with Crippen molar-refractivity contribution in [1.29, 1.82) is 0 Å². The number of ether oxygens (including phenoxy) is 1. The largest absolute Gasteiger partial charge is 1.00 e. The van der Waals surface area contributed by atoms with Crippen LogP contribution in [0.1, 0.15) is 16.7 Å². The Labute approximate surface area is 218 Å². The summed E-state index contributed by atoms with van der Waals surface area (Å²) >= 11 is 0. The van der Waals surface area contributed by atoms with Crippen LogP contribution in [-0.2, 0) is 4.79 Å². The predicted octanol–water partition coefficient (Wildman–Crippen LogP) is 0.279. The van der Waals surface area contributed by atoms with Crippen molar-refractivity contribution in [2.24, 2.45) is 4.99 Å². The van der Waals surface area contributed by atoms with Gasteiger partial charge in [-0.2, -0.15) is 11.8 Å². The molecule has 2 aromatic carbocycles. The van der Waals surface area contributed by atoms with Gasteiger partial charge in [-0.05, 0) is 6.92 Å². The molecule has 1 aliphatic heterocycles. The van der Waals surface area contributed by atoms with E-state index in [0.29, 0.717) is 24.5 Å². The molecule has 4 rings (SSSR count). The maximum absolute atomic E-state index is 11.1. The molecule has 0 unspecified atom stereocenters. The molecule has 0 atom stereocenters. The van der Waals surface area contributed by atoms with Crippen molar-refractivity contribution in [2.45, 2.75) is 6.92 Å². The van der Waals surface area contributed by atoms with E-state index in [4.69, 9.17) is 4.74 Å². The third kappa shape index (κ3) is 8.60. The summed E-state index contributed by atoms with van der Waals surface area (Å²) in [6.07, 6.45) is 4.28. The number of benzene rings is 2. The van der Waals surface area contributed by atoms with Crippen LogP contribution in [-0.4, -0.2) is 66.1 Å². The van der Waals surface area contributed by atoms with E-state index < -0.39 is 0 Å².